The van der Waals surface area contributed by atoms with Gasteiger partial charge in [0.05, 0.1) is 6.07 Å². The maximum Gasteiger partial charge on any atom is 0.344 e. The fourth-order valence-corrected chi connectivity index (χ4v) is 8.17. The number of carboxylic acids is 2. The molecule has 2 aromatic heterocycles. The molecule has 0 bridgehead atoms. The van der Waals surface area contributed by atoms with Crippen molar-refractivity contribution in [3.05, 3.63) is 53.5 Å². The van der Waals surface area contributed by atoms with Gasteiger partial charge in [0.1, 0.15) is 28.2 Å². The van der Waals surface area contributed by atoms with Crippen molar-refractivity contribution in [2.45, 2.75) is 16.4 Å². The number of fused-ring (bicyclic) bond motifs is 1. The first kappa shape index (κ1) is 30.9. The largest absolute Gasteiger partial charge is 0.481 e. The Morgan fingerprint density at radius 1 is 1.20 bits per heavy atom. The summed E-state index contributed by atoms with van der Waals surface area (Å²) in [6.07, 6.45) is 0. The van der Waals surface area contributed by atoms with Crippen molar-refractivity contribution in [1.29, 1.82) is 0 Å². The standard InChI is InChI=1S/C26H26N8O7S3/c27-13-6-16(28)34(14-4-2-1-3-5-14)17(7-13)43-11-26(24(39)40)10-33-22(38)20(23(33)44-12-26)31-21(37)19(32-41-8-18(35)36)15-9-42-25(29)30-15/h1-7,9,20,23H,8,10-12H2,(H8,27,28,29,30,31,35,36,37,39,40)/p+1/t20?,23-,26?/m1/s1. The molecular weight excluding hydrogens is 633 g/mol. The Morgan fingerprint density at radius 2 is 1.95 bits per heavy atom. The number of hydrogen-bond donors (Lipinski definition) is 6. The zero-order chi connectivity index (χ0) is 31.6. The molecule has 2 fully saturated rings. The number of aromatic nitrogens is 2. The lowest BCUT2D eigenvalue weighted by Crippen LogP contribution is -2.74. The smallest absolute Gasteiger partial charge is 0.344 e. The number of para-hydroxylation sites is 1. The Morgan fingerprint density at radius 3 is 2.61 bits per heavy atom. The van der Waals surface area contributed by atoms with E-state index in [9.17, 15) is 24.3 Å². The summed E-state index contributed by atoms with van der Waals surface area (Å²) in [5.41, 5.74) is 17.6. The third-order valence-corrected chi connectivity index (χ3v) is 10.4. The quantitative estimate of drug-likeness (QED) is 0.0532. The van der Waals surface area contributed by atoms with E-state index >= 15 is 0 Å². The van der Waals surface area contributed by atoms with Crippen LogP contribution < -0.4 is 27.1 Å². The van der Waals surface area contributed by atoms with E-state index in [-0.39, 0.29) is 34.6 Å². The van der Waals surface area contributed by atoms with Crippen LogP contribution in [0.5, 0.6) is 0 Å². The lowest BCUT2D eigenvalue weighted by atomic mass is 9.89. The highest BCUT2D eigenvalue weighted by atomic mass is 32.2. The predicted molar refractivity (Wildman–Crippen MR) is 164 cm³/mol. The van der Waals surface area contributed by atoms with Gasteiger partial charge in [-0.1, -0.05) is 35.1 Å². The number of rotatable bonds is 11. The lowest BCUT2D eigenvalue weighted by Gasteiger charge is -2.53. The minimum absolute atomic E-state index is 0.0483. The number of pyridine rings is 1. The van der Waals surface area contributed by atoms with Crippen molar-refractivity contribution in [2.75, 3.05) is 41.9 Å². The average molecular weight is 660 g/mol. The summed E-state index contributed by atoms with van der Waals surface area (Å²) in [6.45, 7) is -0.875. The van der Waals surface area contributed by atoms with Crippen molar-refractivity contribution in [2.24, 2.45) is 10.6 Å². The minimum Gasteiger partial charge on any atom is -0.481 e. The zero-order valence-corrected chi connectivity index (χ0v) is 25.2. The average Bonchev–Trinajstić information content (AvgIpc) is 3.42. The maximum atomic E-state index is 13.2. The van der Waals surface area contributed by atoms with Gasteiger partial charge in [0.25, 0.3) is 11.7 Å². The van der Waals surface area contributed by atoms with E-state index in [0.29, 0.717) is 16.5 Å². The number of nitrogen functional groups attached to an aromatic ring is 3. The highest BCUT2D eigenvalue weighted by molar-refractivity contribution is 8.00. The van der Waals surface area contributed by atoms with E-state index in [4.69, 9.17) is 27.1 Å². The number of nitrogens with zero attached hydrogens (tertiary/aromatic N) is 4. The summed E-state index contributed by atoms with van der Waals surface area (Å²) < 4.78 is 1.78. The molecule has 2 amide bonds. The van der Waals surface area contributed by atoms with Crippen LogP contribution >= 0.6 is 34.9 Å². The molecule has 1 aromatic carbocycles. The molecule has 0 spiro atoms. The molecule has 2 saturated heterocycles. The summed E-state index contributed by atoms with van der Waals surface area (Å²) >= 11 is 3.54. The van der Waals surface area contributed by atoms with Crippen molar-refractivity contribution < 1.29 is 38.8 Å². The van der Waals surface area contributed by atoms with E-state index < -0.39 is 47.2 Å². The van der Waals surface area contributed by atoms with Crippen LogP contribution in [0, 0.1) is 5.41 Å². The molecule has 9 N–H and O–H groups in total. The van der Waals surface area contributed by atoms with Gasteiger partial charge in [-0.3, -0.25) is 20.1 Å². The van der Waals surface area contributed by atoms with Crippen LogP contribution in [0.15, 0.2) is 58.0 Å². The number of anilines is 3. The van der Waals surface area contributed by atoms with Crippen LogP contribution in [0.1, 0.15) is 5.69 Å². The monoisotopic (exact) mass is 659 g/mol. The number of thiazole rings is 1. The number of carbonyl (C=O) groups excluding carboxylic acids is 2. The van der Waals surface area contributed by atoms with Gasteiger partial charge in [-0.15, -0.1) is 23.1 Å². The second-order valence-electron chi connectivity index (χ2n) is 9.89. The first-order valence-electron chi connectivity index (χ1n) is 12.9. The molecular formula is C26H27N8O7S3+. The van der Waals surface area contributed by atoms with Gasteiger partial charge in [0.2, 0.25) is 12.5 Å². The van der Waals surface area contributed by atoms with Crippen LogP contribution in [0.2, 0.25) is 0 Å². The summed E-state index contributed by atoms with van der Waals surface area (Å²) in [4.78, 5) is 59.9. The Balaban J connectivity index is 1.30. The van der Waals surface area contributed by atoms with Crippen LogP contribution in [0.25, 0.3) is 5.69 Å². The molecule has 0 radical (unpaired) electrons. The van der Waals surface area contributed by atoms with Gasteiger partial charge in [0.15, 0.2) is 15.9 Å². The molecule has 15 nitrogen and oxygen atoms in total. The van der Waals surface area contributed by atoms with E-state index in [1.165, 1.54) is 33.8 Å². The summed E-state index contributed by atoms with van der Waals surface area (Å²) in [6, 6.07) is 11.7. The number of thioether (sulfide) groups is 2. The molecule has 5 rings (SSSR count). The second kappa shape index (κ2) is 12.6. The SMILES string of the molecule is Nc1cc(N)[n+](-c2ccccc2)c(SCC2(C(=O)O)CS[C@@H]3C(NC(=O)C(=NOCC(=O)O)c4csc(N)n4)C(=O)N3C2)c1. The minimum atomic E-state index is -1.31. The molecule has 2 unspecified atom stereocenters. The normalized spacial score (nSPS) is 21.2. The van der Waals surface area contributed by atoms with Crippen molar-refractivity contribution in [1.82, 2.24) is 15.2 Å². The Kier molecular flexibility index (Phi) is 8.84. The third-order valence-electron chi connectivity index (χ3n) is 6.80. The number of carbonyl (C=O) groups is 4. The van der Waals surface area contributed by atoms with E-state index in [1.54, 1.807) is 16.7 Å². The molecule has 2 aliphatic heterocycles. The summed E-state index contributed by atoms with van der Waals surface area (Å²) in [7, 11) is 0. The van der Waals surface area contributed by atoms with Gasteiger partial charge >= 0.3 is 11.9 Å². The van der Waals surface area contributed by atoms with Crippen LogP contribution in [-0.4, -0.2) is 85.6 Å². The number of oxime groups is 1. The Bertz CT molecular complexity index is 1650. The lowest BCUT2D eigenvalue weighted by molar-refractivity contribution is -0.620. The fourth-order valence-electron chi connectivity index (χ4n) is 4.65. The summed E-state index contributed by atoms with van der Waals surface area (Å²) in [5, 5.41) is 27.1. The van der Waals surface area contributed by atoms with Crippen molar-refractivity contribution >= 4 is 81.0 Å². The van der Waals surface area contributed by atoms with E-state index in [1.807, 2.05) is 30.3 Å². The molecule has 0 aliphatic carbocycles. The molecule has 0 saturated carbocycles. The molecule has 18 heteroatoms. The van der Waals surface area contributed by atoms with E-state index in [2.05, 4.69) is 15.5 Å². The highest BCUT2D eigenvalue weighted by Crippen LogP contribution is 2.44. The molecule has 4 heterocycles. The maximum absolute atomic E-state index is 13.2. The molecule has 44 heavy (non-hydrogen) atoms. The number of benzene rings is 1. The second-order valence-corrected chi connectivity index (χ2v) is 12.9. The Labute approximate surface area is 262 Å². The van der Waals surface area contributed by atoms with E-state index in [0.717, 1.165) is 17.0 Å². The first-order valence-corrected chi connectivity index (χ1v) is 15.8. The van der Waals surface area contributed by atoms with Crippen LogP contribution in [0.3, 0.4) is 0 Å². The zero-order valence-electron chi connectivity index (χ0n) is 22.8. The number of nitrogens with one attached hydrogen (secondary N) is 1. The van der Waals surface area contributed by atoms with Gasteiger partial charge in [-0.2, -0.15) is 4.57 Å². The summed E-state index contributed by atoms with van der Waals surface area (Å²) in [5.74, 6) is -3.01. The highest BCUT2D eigenvalue weighted by Gasteiger charge is 2.57. The molecule has 3 aromatic rings. The van der Waals surface area contributed by atoms with Crippen LogP contribution in [0.4, 0.5) is 16.6 Å². The number of amides is 2. The number of β-lactam (4-membered cyclic amide) rings is 1. The van der Waals surface area contributed by atoms with Gasteiger partial charge in [0, 0.05) is 35.2 Å². The number of nitrogens with two attached hydrogens (primary N) is 3. The third kappa shape index (κ3) is 6.22. The topological polar surface area (TPSA) is 240 Å². The first-order chi connectivity index (χ1) is 21.0. The molecule has 3 atom stereocenters. The van der Waals surface area contributed by atoms with Crippen molar-refractivity contribution in [3.8, 4) is 5.69 Å². The predicted octanol–water partition coefficient (Wildman–Crippen LogP) is 0.235. The van der Waals surface area contributed by atoms with Crippen molar-refractivity contribution in [3.63, 3.8) is 0 Å². The van der Waals surface area contributed by atoms with Crippen LogP contribution in [-0.2, 0) is 24.0 Å². The van der Waals surface area contributed by atoms with Gasteiger partial charge in [-0.25, -0.2) is 9.78 Å². The van der Waals surface area contributed by atoms with Gasteiger partial charge in [-0.05, 0) is 12.1 Å². The molecule has 230 valence electrons. The number of aliphatic carboxylic acids is 2. The number of hydrogen-bond acceptors (Lipinski definition) is 13. The Hall–Kier alpha value is -4.55. The number of carboxylic acid groups (broad SMARTS) is 2. The fraction of sp³-hybridized carbons (Fsp3) is 0.269. The van der Waals surface area contributed by atoms with Gasteiger partial charge < -0.3 is 36.7 Å². The molecule has 2 aliphatic rings.